The second kappa shape index (κ2) is 12.8. The predicted molar refractivity (Wildman–Crippen MR) is 157 cm³/mol. The molecule has 0 saturated carbocycles. The third-order valence-corrected chi connectivity index (χ3v) is 8.85. The van der Waals surface area contributed by atoms with Gasteiger partial charge in [0, 0.05) is 18.6 Å². The molecule has 1 aliphatic rings. The Kier molecular flexibility index (Phi) is 9.07. The van der Waals surface area contributed by atoms with E-state index in [2.05, 4.69) is 9.82 Å². The number of halogens is 3. The lowest BCUT2D eigenvalue weighted by Gasteiger charge is -2.14. The second-order valence-electron chi connectivity index (χ2n) is 10.5. The average molecular weight is 629 g/mol. The zero-order valence-electron chi connectivity index (χ0n) is 23.9. The lowest BCUT2D eigenvalue weighted by molar-refractivity contribution is -0.137. The third-order valence-electron chi connectivity index (χ3n) is 7.45. The van der Waals surface area contributed by atoms with Crippen LogP contribution in [0, 0.1) is 5.92 Å². The van der Waals surface area contributed by atoms with Crippen molar-refractivity contribution in [1.29, 1.82) is 0 Å². The number of alkyl halides is 3. The van der Waals surface area contributed by atoms with Gasteiger partial charge in [-0.15, -0.1) is 5.10 Å². The highest BCUT2D eigenvalue weighted by Crippen LogP contribution is 2.33. The van der Waals surface area contributed by atoms with Crippen molar-refractivity contribution in [1.82, 2.24) is 19.1 Å². The topological polar surface area (TPSA) is 112 Å². The van der Waals surface area contributed by atoms with Crippen LogP contribution < -0.4 is 10.4 Å². The highest BCUT2D eigenvalue weighted by atomic mass is 32.2. The average Bonchev–Trinajstić information content (AvgIpc) is 3.65. The first-order valence-electron chi connectivity index (χ1n) is 14.2. The van der Waals surface area contributed by atoms with Gasteiger partial charge in [0.15, 0.2) is 0 Å². The fourth-order valence-electron chi connectivity index (χ4n) is 5.09. The molecule has 1 saturated heterocycles. The van der Waals surface area contributed by atoms with Gasteiger partial charge < -0.3 is 4.74 Å². The molecular formula is C31H31F3N4O5S. The van der Waals surface area contributed by atoms with E-state index >= 15 is 0 Å². The van der Waals surface area contributed by atoms with Crippen LogP contribution in [0.2, 0.25) is 0 Å². The number of nitrogens with zero attached hydrogens (tertiary/aromatic N) is 3. The van der Waals surface area contributed by atoms with E-state index in [1.54, 1.807) is 42.5 Å². The minimum Gasteiger partial charge on any atom is -0.381 e. The normalized spacial score (nSPS) is 15.4. The van der Waals surface area contributed by atoms with Crippen molar-refractivity contribution >= 4 is 15.9 Å². The first kappa shape index (κ1) is 31.2. The van der Waals surface area contributed by atoms with Gasteiger partial charge in [-0.3, -0.25) is 9.36 Å². The summed E-state index contributed by atoms with van der Waals surface area (Å²) in [5.74, 6) is -0.790. The van der Waals surface area contributed by atoms with Crippen LogP contribution in [0.25, 0.3) is 16.8 Å². The van der Waals surface area contributed by atoms with Crippen LogP contribution in [-0.4, -0.2) is 41.9 Å². The number of amides is 1. The molecule has 1 amide bonds. The molecule has 0 radical (unpaired) electrons. The van der Waals surface area contributed by atoms with Gasteiger partial charge >= 0.3 is 11.9 Å². The Morgan fingerprint density at radius 2 is 1.75 bits per heavy atom. The maximum Gasteiger partial charge on any atom is 0.418 e. The van der Waals surface area contributed by atoms with E-state index in [1.165, 1.54) is 28.8 Å². The van der Waals surface area contributed by atoms with Gasteiger partial charge in [0.25, 0.3) is 10.0 Å². The number of aryl methyl sites for hydroxylation is 1. The van der Waals surface area contributed by atoms with Gasteiger partial charge in [0.2, 0.25) is 5.91 Å². The quantitative estimate of drug-likeness (QED) is 0.266. The Bertz CT molecular complexity index is 1810. The maximum absolute atomic E-state index is 13.7. The van der Waals surface area contributed by atoms with E-state index in [0.717, 1.165) is 17.2 Å². The summed E-state index contributed by atoms with van der Waals surface area (Å²) in [6.45, 7) is 2.58. The molecule has 0 aliphatic carbocycles. The molecule has 2 heterocycles. The summed E-state index contributed by atoms with van der Waals surface area (Å²) in [7, 11) is -4.18. The summed E-state index contributed by atoms with van der Waals surface area (Å²) in [5.41, 5.74) is -0.412. The summed E-state index contributed by atoms with van der Waals surface area (Å²) in [6.07, 6.45) is -2.34. The molecule has 1 aliphatic heterocycles. The lowest BCUT2D eigenvalue weighted by Crippen LogP contribution is -2.36. The lowest BCUT2D eigenvalue weighted by atomic mass is 10.0. The molecule has 1 aromatic heterocycles. The molecular weight excluding hydrogens is 597 g/mol. The molecule has 1 unspecified atom stereocenters. The van der Waals surface area contributed by atoms with Crippen molar-refractivity contribution in [2.75, 3.05) is 13.2 Å². The van der Waals surface area contributed by atoms with Crippen molar-refractivity contribution in [3.8, 4) is 16.8 Å². The number of para-hydroxylation sites is 1. The molecule has 232 valence electrons. The smallest absolute Gasteiger partial charge is 0.381 e. The Morgan fingerprint density at radius 1 is 1.05 bits per heavy atom. The first-order valence-corrected chi connectivity index (χ1v) is 15.7. The monoisotopic (exact) mass is 628 g/mol. The van der Waals surface area contributed by atoms with Gasteiger partial charge in [-0.2, -0.15) is 17.9 Å². The number of hydrogen-bond donors (Lipinski definition) is 1. The predicted octanol–water partition coefficient (Wildman–Crippen LogP) is 4.95. The van der Waals surface area contributed by atoms with Crippen LogP contribution in [0.1, 0.15) is 43.1 Å². The molecule has 5 rings (SSSR count). The van der Waals surface area contributed by atoms with E-state index in [-0.39, 0.29) is 23.7 Å². The molecule has 0 spiro atoms. The highest BCUT2D eigenvalue weighted by Gasteiger charge is 2.35. The largest absolute Gasteiger partial charge is 0.418 e. The van der Waals surface area contributed by atoms with E-state index in [1.807, 2.05) is 6.92 Å². The Labute approximate surface area is 252 Å². The summed E-state index contributed by atoms with van der Waals surface area (Å²) in [5, 5.41) is 4.30. The van der Waals surface area contributed by atoms with E-state index < -0.39 is 39.3 Å². The number of unbranched alkanes of at least 4 members (excludes halogenated alkanes) is 1. The number of nitrogens with one attached hydrogen (secondary N) is 1. The number of benzene rings is 3. The summed E-state index contributed by atoms with van der Waals surface area (Å²) >= 11 is 0. The van der Waals surface area contributed by atoms with Crippen molar-refractivity contribution in [2.24, 2.45) is 5.92 Å². The van der Waals surface area contributed by atoms with Gasteiger partial charge in [-0.1, -0.05) is 67.9 Å². The van der Waals surface area contributed by atoms with Gasteiger partial charge in [-0.05, 0) is 42.2 Å². The van der Waals surface area contributed by atoms with E-state index in [9.17, 15) is 31.2 Å². The molecule has 44 heavy (non-hydrogen) atoms. The minimum atomic E-state index is -4.67. The Morgan fingerprint density at radius 3 is 2.43 bits per heavy atom. The first-order chi connectivity index (χ1) is 21.0. The molecule has 1 fully saturated rings. The zero-order chi connectivity index (χ0) is 31.5. The fraction of sp³-hybridized carbons (Fsp3) is 0.323. The number of rotatable bonds is 10. The van der Waals surface area contributed by atoms with Gasteiger partial charge in [0.05, 0.1) is 35.2 Å². The standard InChI is InChI=1S/C31H31F3N4O5S/c1-2-3-12-28-35-38(26-10-6-5-9-25(26)31(32,33)34)30(40)37(28)19-21-13-15-22(16-14-21)24-8-4-7-11-27(24)44(41,42)36-29(39)23-17-18-43-20-23/h4-11,13-16,23H,2-3,12,17-20H2,1H3,(H,36,39). The van der Waals surface area contributed by atoms with Crippen molar-refractivity contribution in [2.45, 2.75) is 50.2 Å². The zero-order valence-corrected chi connectivity index (χ0v) is 24.7. The number of carbonyl (C=O) groups excluding carboxylic acids is 1. The Balaban J connectivity index is 1.44. The van der Waals surface area contributed by atoms with Crippen LogP contribution in [0.5, 0.6) is 0 Å². The SMILES string of the molecule is CCCCc1nn(-c2ccccc2C(F)(F)F)c(=O)n1Cc1ccc(-c2ccccc2S(=O)(=O)NC(=O)C2CCOC2)cc1. The van der Waals surface area contributed by atoms with Crippen LogP contribution in [0.15, 0.2) is 82.5 Å². The van der Waals surface area contributed by atoms with Crippen molar-refractivity contribution in [3.05, 3.63) is 100 Å². The molecule has 9 nitrogen and oxygen atoms in total. The van der Waals surface area contributed by atoms with Gasteiger partial charge in [0.1, 0.15) is 5.82 Å². The second-order valence-corrected chi connectivity index (χ2v) is 12.2. The number of aromatic nitrogens is 3. The summed E-state index contributed by atoms with van der Waals surface area (Å²) in [6, 6.07) is 17.9. The number of sulfonamides is 1. The number of ether oxygens (including phenoxy) is 1. The van der Waals surface area contributed by atoms with E-state index in [4.69, 9.17) is 4.74 Å². The van der Waals surface area contributed by atoms with Crippen LogP contribution in [0.4, 0.5) is 13.2 Å². The summed E-state index contributed by atoms with van der Waals surface area (Å²) in [4.78, 5) is 25.9. The fourth-order valence-corrected chi connectivity index (χ4v) is 6.37. The molecule has 0 bridgehead atoms. The van der Waals surface area contributed by atoms with E-state index in [0.29, 0.717) is 48.4 Å². The molecule has 1 N–H and O–H groups in total. The summed E-state index contributed by atoms with van der Waals surface area (Å²) < 4.78 is 77.0. The van der Waals surface area contributed by atoms with Crippen molar-refractivity contribution < 1.29 is 31.1 Å². The Hall–Kier alpha value is -4.23. The van der Waals surface area contributed by atoms with Crippen LogP contribution in [-0.2, 0) is 38.7 Å². The van der Waals surface area contributed by atoms with Crippen LogP contribution >= 0.6 is 0 Å². The highest BCUT2D eigenvalue weighted by molar-refractivity contribution is 7.90. The molecule has 3 aromatic carbocycles. The van der Waals surface area contributed by atoms with Crippen molar-refractivity contribution in [3.63, 3.8) is 0 Å². The maximum atomic E-state index is 13.7. The minimum absolute atomic E-state index is 0.0474. The number of carbonyl (C=O) groups is 1. The molecule has 13 heteroatoms. The third kappa shape index (κ3) is 6.63. The van der Waals surface area contributed by atoms with Gasteiger partial charge in [-0.25, -0.2) is 17.9 Å². The molecule has 1 atom stereocenters. The molecule has 4 aromatic rings. The van der Waals surface area contributed by atoms with Crippen LogP contribution in [0.3, 0.4) is 0 Å². The number of hydrogen-bond acceptors (Lipinski definition) is 6.